The van der Waals surface area contributed by atoms with Gasteiger partial charge in [-0.15, -0.1) is 0 Å². The Labute approximate surface area is 126 Å². The van der Waals surface area contributed by atoms with Crippen molar-refractivity contribution in [3.05, 3.63) is 28.8 Å². The maximum Gasteiger partial charge on any atom is 0.243 e. The fourth-order valence-electron chi connectivity index (χ4n) is 2.68. The van der Waals surface area contributed by atoms with Gasteiger partial charge in [-0.05, 0) is 42.5 Å². The molecule has 1 saturated heterocycles. The van der Waals surface area contributed by atoms with E-state index in [0.717, 1.165) is 19.3 Å². The van der Waals surface area contributed by atoms with Gasteiger partial charge in [0, 0.05) is 24.7 Å². The normalized spacial score (nSPS) is 20.4. The molecule has 0 aromatic heterocycles. The summed E-state index contributed by atoms with van der Waals surface area (Å²) in [6.07, 6.45) is 3.13. The van der Waals surface area contributed by atoms with Crippen molar-refractivity contribution in [3.8, 4) is 0 Å². The Morgan fingerprint density at radius 3 is 2.85 bits per heavy atom. The van der Waals surface area contributed by atoms with Crippen molar-refractivity contribution in [2.24, 2.45) is 11.7 Å². The Bertz CT molecular complexity index is 575. The molecule has 112 valence electrons. The Morgan fingerprint density at radius 2 is 2.20 bits per heavy atom. The van der Waals surface area contributed by atoms with E-state index in [0.29, 0.717) is 34.5 Å². The zero-order chi connectivity index (χ0) is 14.8. The van der Waals surface area contributed by atoms with Gasteiger partial charge >= 0.3 is 0 Å². The molecular weight excluding hydrogens is 296 g/mol. The molecule has 1 atom stereocenters. The van der Waals surface area contributed by atoms with Crippen LogP contribution in [-0.2, 0) is 16.6 Å². The first-order valence-corrected chi connectivity index (χ1v) is 8.79. The minimum Gasteiger partial charge on any atom is -0.326 e. The highest BCUT2D eigenvalue weighted by Crippen LogP contribution is 2.28. The largest absolute Gasteiger partial charge is 0.326 e. The summed E-state index contributed by atoms with van der Waals surface area (Å²) in [6.45, 7) is 3.59. The third kappa shape index (κ3) is 3.17. The highest BCUT2D eigenvalue weighted by Gasteiger charge is 2.32. The number of halogens is 1. The first kappa shape index (κ1) is 15.8. The quantitative estimate of drug-likeness (QED) is 0.908. The SMILES string of the molecule is CCCC1CCN(S(=O)(=O)c2ccc(Cl)c(CN)c2)C1. The molecule has 1 aromatic carbocycles. The van der Waals surface area contributed by atoms with E-state index in [9.17, 15) is 8.42 Å². The van der Waals surface area contributed by atoms with E-state index in [1.807, 2.05) is 0 Å². The molecule has 1 unspecified atom stereocenters. The summed E-state index contributed by atoms with van der Waals surface area (Å²) in [5, 5.41) is 0.511. The van der Waals surface area contributed by atoms with Gasteiger partial charge in [0.2, 0.25) is 10.0 Å². The molecule has 6 heteroatoms. The van der Waals surface area contributed by atoms with Crippen molar-refractivity contribution in [2.45, 2.75) is 37.6 Å². The first-order chi connectivity index (χ1) is 9.48. The standard InChI is InChI=1S/C14H21ClN2O2S/c1-2-3-11-6-7-17(10-11)20(18,19)13-4-5-14(15)12(8-13)9-16/h4-5,8,11H,2-3,6-7,9-10,16H2,1H3. The molecule has 0 aliphatic carbocycles. The molecule has 1 aliphatic heterocycles. The predicted molar refractivity (Wildman–Crippen MR) is 81.1 cm³/mol. The molecule has 1 heterocycles. The van der Waals surface area contributed by atoms with E-state index in [-0.39, 0.29) is 6.54 Å². The lowest BCUT2D eigenvalue weighted by atomic mass is 10.0. The van der Waals surface area contributed by atoms with Crippen LogP contribution >= 0.6 is 11.6 Å². The summed E-state index contributed by atoms with van der Waals surface area (Å²) < 4.78 is 26.8. The Hall–Kier alpha value is -0.620. The summed E-state index contributed by atoms with van der Waals surface area (Å²) in [6, 6.07) is 4.75. The third-order valence-corrected chi connectivity index (χ3v) is 6.05. The molecule has 1 fully saturated rings. The molecule has 0 spiro atoms. The van der Waals surface area contributed by atoms with Crippen LogP contribution in [0.3, 0.4) is 0 Å². The monoisotopic (exact) mass is 316 g/mol. The molecule has 1 aromatic rings. The van der Waals surface area contributed by atoms with Crippen LogP contribution in [0.5, 0.6) is 0 Å². The van der Waals surface area contributed by atoms with Crippen molar-refractivity contribution in [1.82, 2.24) is 4.31 Å². The number of sulfonamides is 1. The highest BCUT2D eigenvalue weighted by molar-refractivity contribution is 7.89. The van der Waals surface area contributed by atoms with E-state index < -0.39 is 10.0 Å². The predicted octanol–water partition coefficient (Wildman–Crippen LogP) is 2.61. The summed E-state index contributed by atoms with van der Waals surface area (Å²) in [7, 11) is -3.42. The summed E-state index contributed by atoms with van der Waals surface area (Å²) in [5.41, 5.74) is 6.25. The molecule has 20 heavy (non-hydrogen) atoms. The Balaban J connectivity index is 2.23. The summed E-state index contributed by atoms with van der Waals surface area (Å²) in [5.74, 6) is 0.482. The van der Waals surface area contributed by atoms with Crippen LogP contribution in [0.2, 0.25) is 5.02 Å². The number of hydrogen-bond donors (Lipinski definition) is 1. The van der Waals surface area contributed by atoms with Gasteiger partial charge in [-0.2, -0.15) is 4.31 Å². The van der Waals surface area contributed by atoms with Crippen LogP contribution in [-0.4, -0.2) is 25.8 Å². The van der Waals surface area contributed by atoms with Crippen LogP contribution in [0.4, 0.5) is 0 Å². The smallest absolute Gasteiger partial charge is 0.243 e. The van der Waals surface area contributed by atoms with Crippen molar-refractivity contribution in [2.75, 3.05) is 13.1 Å². The average Bonchev–Trinajstić information content (AvgIpc) is 2.89. The van der Waals surface area contributed by atoms with Gasteiger partial charge in [0.1, 0.15) is 0 Å². The summed E-state index contributed by atoms with van der Waals surface area (Å²) >= 11 is 5.98. The van der Waals surface area contributed by atoms with Gasteiger partial charge in [0.25, 0.3) is 0 Å². The van der Waals surface area contributed by atoms with E-state index in [1.54, 1.807) is 22.5 Å². The van der Waals surface area contributed by atoms with Crippen LogP contribution in [0.1, 0.15) is 31.7 Å². The average molecular weight is 317 g/mol. The second-order valence-electron chi connectivity index (χ2n) is 5.26. The molecule has 0 amide bonds. The van der Waals surface area contributed by atoms with Crippen molar-refractivity contribution >= 4 is 21.6 Å². The van der Waals surface area contributed by atoms with E-state index in [2.05, 4.69) is 6.92 Å². The molecule has 0 radical (unpaired) electrons. The van der Waals surface area contributed by atoms with Crippen LogP contribution < -0.4 is 5.73 Å². The van der Waals surface area contributed by atoms with Gasteiger partial charge in [-0.25, -0.2) is 8.42 Å². The molecule has 2 rings (SSSR count). The van der Waals surface area contributed by atoms with Gasteiger partial charge in [-0.1, -0.05) is 24.9 Å². The second kappa shape index (κ2) is 6.43. The Kier molecular flexibility index (Phi) is 5.07. The van der Waals surface area contributed by atoms with E-state index in [4.69, 9.17) is 17.3 Å². The lowest BCUT2D eigenvalue weighted by Gasteiger charge is -2.17. The van der Waals surface area contributed by atoms with Gasteiger partial charge < -0.3 is 5.73 Å². The summed E-state index contributed by atoms with van der Waals surface area (Å²) in [4.78, 5) is 0.291. The van der Waals surface area contributed by atoms with Crippen LogP contribution in [0.25, 0.3) is 0 Å². The number of nitrogens with zero attached hydrogens (tertiary/aromatic N) is 1. The minimum absolute atomic E-state index is 0.237. The topological polar surface area (TPSA) is 63.4 Å². The zero-order valence-electron chi connectivity index (χ0n) is 11.7. The molecule has 1 aliphatic rings. The lowest BCUT2D eigenvalue weighted by molar-refractivity contribution is 0.444. The minimum atomic E-state index is -3.42. The van der Waals surface area contributed by atoms with Crippen LogP contribution in [0, 0.1) is 5.92 Å². The number of benzene rings is 1. The number of nitrogens with two attached hydrogens (primary N) is 1. The molecule has 2 N–H and O–H groups in total. The fourth-order valence-corrected chi connectivity index (χ4v) is 4.45. The second-order valence-corrected chi connectivity index (χ2v) is 7.61. The first-order valence-electron chi connectivity index (χ1n) is 6.97. The van der Waals surface area contributed by atoms with Crippen molar-refractivity contribution in [3.63, 3.8) is 0 Å². The molecule has 0 bridgehead atoms. The van der Waals surface area contributed by atoms with Gasteiger partial charge in [-0.3, -0.25) is 0 Å². The van der Waals surface area contributed by atoms with Gasteiger partial charge in [0.15, 0.2) is 0 Å². The van der Waals surface area contributed by atoms with E-state index in [1.165, 1.54) is 0 Å². The van der Waals surface area contributed by atoms with Gasteiger partial charge in [0.05, 0.1) is 4.90 Å². The molecule has 0 saturated carbocycles. The fraction of sp³-hybridized carbons (Fsp3) is 0.571. The van der Waals surface area contributed by atoms with Crippen LogP contribution in [0.15, 0.2) is 23.1 Å². The molecule has 4 nitrogen and oxygen atoms in total. The number of rotatable bonds is 5. The third-order valence-electron chi connectivity index (χ3n) is 3.82. The zero-order valence-corrected chi connectivity index (χ0v) is 13.3. The molecular formula is C14H21ClN2O2S. The van der Waals surface area contributed by atoms with E-state index >= 15 is 0 Å². The maximum absolute atomic E-state index is 12.6. The van der Waals surface area contributed by atoms with Crippen molar-refractivity contribution in [1.29, 1.82) is 0 Å². The Morgan fingerprint density at radius 1 is 1.45 bits per heavy atom. The lowest BCUT2D eigenvalue weighted by Crippen LogP contribution is -2.29. The highest BCUT2D eigenvalue weighted by atomic mass is 35.5. The number of hydrogen-bond acceptors (Lipinski definition) is 3. The maximum atomic E-state index is 12.6. The van der Waals surface area contributed by atoms with Crippen molar-refractivity contribution < 1.29 is 8.42 Å².